The average Bonchev–Trinajstić information content (AvgIpc) is 2.38. The first-order valence-corrected chi connectivity index (χ1v) is 6.21. The lowest BCUT2D eigenvalue weighted by molar-refractivity contribution is 0.619. The van der Waals surface area contributed by atoms with E-state index in [4.69, 9.17) is 0 Å². The minimum atomic E-state index is -0.470. The van der Waals surface area contributed by atoms with Crippen molar-refractivity contribution in [1.29, 1.82) is 0 Å². The second-order valence-electron chi connectivity index (χ2n) is 4.36. The van der Waals surface area contributed by atoms with Crippen LogP contribution in [0, 0.1) is 19.7 Å². The van der Waals surface area contributed by atoms with Gasteiger partial charge in [-0.1, -0.05) is 12.1 Å². The molecule has 0 aliphatic heterocycles. The van der Waals surface area contributed by atoms with Gasteiger partial charge in [-0.3, -0.25) is 0 Å². The number of halogens is 1. The molecule has 0 aliphatic rings. The molecule has 0 fully saturated rings. The van der Waals surface area contributed by atoms with Crippen LogP contribution >= 0.6 is 0 Å². The van der Waals surface area contributed by atoms with Crippen molar-refractivity contribution >= 4 is 17.5 Å². The summed E-state index contributed by atoms with van der Waals surface area (Å²) >= 11 is 0. The number of anilines is 3. The van der Waals surface area contributed by atoms with Crippen LogP contribution in [0.4, 0.5) is 21.8 Å². The molecule has 100 valence electrons. The molecule has 0 saturated heterocycles. The van der Waals surface area contributed by atoms with Gasteiger partial charge in [0.1, 0.15) is 0 Å². The highest BCUT2D eigenvalue weighted by molar-refractivity contribution is 5.62. The van der Waals surface area contributed by atoms with Crippen LogP contribution in [-0.4, -0.2) is 16.5 Å². The van der Waals surface area contributed by atoms with Crippen LogP contribution in [0.5, 0.6) is 0 Å². The van der Waals surface area contributed by atoms with Crippen molar-refractivity contribution in [3.63, 3.8) is 0 Å². The van der Waals surface area contributed by atoms with Crippen molar-refractivity contribution in [2.24, 2.45) is 0 Å². The Morgan fingerprint density at radius 3 is 2.79 bits per heavy atom. The van der Waals surface area contributed by atoms with E-state index in [2.05, 4.69) is 20.6 Å². The highest BCUT2D eigenvalue weighted by Crippen LogP contribution is 2.22. The van der Waals surface area contributed by atoms with Gasteiger partial charge in [-0.2, -0.15) is 4.98 Å². The summed E-state index contributed by atoms with van der Waals surface area (Å²) in [5.41, 5.74) is 2.99. The molecule has 0 aliphatic carbocycles. The van der Waals surface area contributed by atoms with Gasteiger partial charge in [-0.05, 0) is 38.0 Å². The average molecular weight is 260 g/mol. The molecule has 1 heterocycles. The molecule has 1 aromatic heterocycles. The third-order valence-corrected chi connectivity index (χ3v) is 2.73. The third kappa shape index (κ3) is 3.19. The van der Waals surface area contributed by atoms with Crippen LogP contribution < -0.4 is 10.6 Å². The molecule has 5 heteroatoms. The number of rotatable bonds is 4. The van der Waals surface area contributed by atoms with E-state index < -0.39 is 5.82 Å². The Morgan fingerprint density at radius 1 is 1.26 bits per heavy atom. The van der Waals surface area contributed by atoms with Crippen LogP contribution in [0.2, 0.25) is 0 Å². The second-order valence-corrected chi connectivity index (χ2v) is 4.36. The fourth-order valence-corrected chi connectivity index (χ4v) is 1.70. The normalized spacial score (nSPS) is 10.3. The molecule has 2 rings (SSSR count). The Kier molecular flexibility index (Phi) is 3.94. The Hall–Kier alpha value is -2.17. The van der Waals surface area contributed by atoms with Gasteiger partial charge < -0.3 is 10.6 Å². The smallest absolute Gasteiger partial charge is 0.224 e. The third-order valence-electron chi connectivity index (χ3n) is 2.73. The van der Waals surface area contributed by atoms with Gasteiger partial charge in [0.25, 0.3) is 0 Å². The molecule has 0 amide bonds. The molecule has 19 heavy (non-hydrogen) atoms. The number of benzene rings is 1. The monoisotopic (exact) mass is 260 g/mol. The van der Waals surface area contributed by atoms with Gasteiger partial charge in [0, 0.05) is 12.2 Å². The number of aromatic nitrogens is 2. The summed E-state index contributed by atoms with van der Waals surface area (Å²) in [6, 6.07) is 5.96. The van der Waals surface area contributed by atoms with Crippen LogP contribution in [0.1, 0.15) is 18.1 Å². The molecule has 0 atom stereocenters. The zero-order valence-electron chi connectivity index (χ0n) is 11.3. The van der Waals surface area contributed by atoms with Crippen molar-refractivity contribution < 1.29 is 4.39 Å². The fraction of sp³-hybridized carbons (Fsp3) is 0.286. The SMILES string of the molecule is CCNc1ncc(F)c(Nc2cc(C)ccc2C)n1. The molecule has 4 nitrogen and oxygen atoms in total. The predicted molar refractivity (Wildman–Crippen MR) is 75.4 cm³/mol. The summed E-state index contributed by atoms with van der Waals surface area (Å²) in [5.74, 6) is 0.124. The minimum Gasteiger partial charge on any atom is -0.354 e. The number of nitrogens with zero attached hydrogens (tertiary/aromatic N) is 2. The molecule has 0 saturated carbocycles. The summed E-state index contributed by atoms with van der Waals surface area (Å²) in [4.78, 5) is 7.99. The summed E-state index contributed by atoms with van der Waals surface area (Å²) in [5, 5.41) is 5.97. The van der Waals surface area contributed by atoms with Crippen LogP contribution in [0.25, 0.3) is 0 Å². The highest BCUT2D eigenvalue weighted by Gasteiger charge is 2.08. The summed E-state index contributed by atoms with van der Waals surface area (Å²) < 4.78 is 13.7. The maximum Gasteiger partial charge on any atom is 0.224 e. The number of hydrogen-bond acceptors (Lipinski definition) is 4. The van der Waals surface area contributed by atoms with E-state index >= 15 is 0 Å². The number of aryl methyl sites for hydroxylation is 2. The standard InChI is InChI=1S/C14H17FN4/c1-4-16-14-17-8-11(15)13(19-14)18-12-7-9(2)5-6-10(12)3/h5-8H,4H2,1-3H3,(H2,16,17,18,19). The second kappa shape index (κ2) is 5.65. The first kappa shape index (κ1) is 13.3. The van der Waals surface area contributed by atoms with Gasteiger partial charge in [0.2, 0.25) is 5.95 Å². The van der Waals surface area contributed by atoms with Crippen molar-refractivity contribution in [2.75, 3.05) is 17.2 Å². The van der Waals surface area contributed by atoms with E-state index in [1.54, 1.807) is 0 Å². The van der Waals surface area contributed by atoms with Gasteiger partial charge in [0.15, 0.2) is 11.6 Å². The maximum absolute atomic E-state index is 13.7. The van der Waals surface area contributed by atoms with E-state index in [1.165, 1.54) is 6.20 Å². The first-order chi connectivity index (χ1) is 9.10. The molecule has 0 unspecified atom stereocenters. The van der Waals surface area contributed by atoms with Gasteiger partial charge in [-0.25, -0.2) is 9.37 Å². The minimum absolute atomic E-state index is 0.180. The molecular formula is C14H17FN4. The van der Waals surface area contributed by atoms with Gasteiger partial charge in [0.05, 0.1) is 6.20 Å². The summed E-state index contributed by atoms with van der Waals surface area (Å²) in [6.07, 6.45) is 1.17. The predicted octanol–water partition coefficient (Wildman–Crippen LogP) is 3.41. The van der Waals surface area contributed by atoms with E-state index in [1.807, 2.05) is 39.0 Å². The summed E-state index contributed by atoms with van der Waals surface area (Å²) in [7, 11) is 0. The molecule has 0 radical (unpaired) electrons. The Bertz CT molecular complexity index is 584. The van der Waals surface area contributed by atoms with Crippen molar-refractivity contribution in [3.05, 3.63) is 41.3 Å². The molecule has 2 N–H and O–H groups in total. The van der Waals surface area contributed by atoms with E-state index in [9.17, 15) is 4.39 Å². The summed E-state index contributed by atoms with van der Waals surface area (Å²) in [6.45, 7) is 6.58. The zero-order valence-corrected chi connectivity index (χ0v) is 11.3. The van der Waals surface area contributed by atoms with E-state index in [-0.39, 0.29) is 5.82 Å². The Morgan fingerprint density at radius 2 is 2.05 bits per heavy atom. The lowest BCUT2D eigenvalue weighted by Crippen LogP contribution is -2.06. The first-order valence-electron chi connectivity index (χ1n) is 6.21. The lowest BCUT2D eigenvalue weighted by atomic mass is 10.1. The van der Waals surface area contributed by atoms with E-state index in [0.29, 0.717) is 12.5 Å². The molecule has 1 aromatic carbocycles. The lowest BCUT2D eigenvalue weighted by Gasteiger charge is -2.11. The fourth-order valence-electron chi connectivity index (χ4n) is 1.70. The molecule has 0 bridgehead atoms. The molecular weight excluding hydrogens is 243 g/mol. The van der Waals surface area contributed by atoms with Gasteiger partial charge in [-0.15, -0.1) is 0 Å². The van der Waals surface area contributed by atoms with Crippen LogP contribution in [-0.2, 0) is 0 Å². The van der Waals surface area contributed by atoms with Crippen molar-refractivity contribution in [2.45, 2.75) is 20.8 Å². The Balaban J connectivity index is 2.31. The van der Waals surface area contributed by atoms with Crippen molar-refractivity contribution in [1.82, 2.24) is 9.97 Å². The zero-order chi connectivity index (χ0) is 13.8. The number of hydrogen-bond donors (Lipinski definition) is 2. The van der Waals surface area contributed by atoms with Crippen molar-refractivity contribution in [3.8, 4) is 0 Å². The molecule has 2 aromatic rings. The quantitative estimate of drug-likeness (QED) is 0.884. The van der Waals surface area contributed by atoms with Gasteiger partial charge >= 0.3 is 0 Å². The highest BCUT2D eigenvalue weighted by atomic mass is 19.1. The maximum atomic E-state index is 13.7. The van der Waals surface area contributed by atoms with E-state index in [0.717, 1.165) is 16.8 Å². The van der Waals surface area contributed by atoms with Crippen LogP contribution in [0.15, 0.2) is 24.4 Å². The largest absolute Gasteiger partial charge is 0.354 e. The molecule has 0 spiro atoms. The Labute approximate surface area is 112 Å². The van der Waals surface area contributed by atoms with Crippen LogP contribution in [0.3, 0.4) is 0 Å². The topological polar surface area (TPSA) is 49.8 Å². The number of nitrogens with one attached hydrogen (secondary N) is 2.